The summed E-state index contributed by atoms with van der Waals surface area (Å²) in [5.41, 5.74) is 0. The third-order valence-electron chi connectivity index (χ3n) is 3.88. The molecule has 0 aliphatic heterocycles. The molecular weight excluding hydrogens is 585 g/mol. The Morgan fingerprint density at radius 1 is 0.229 bits per heavy atom. The minimum absolute atomic E-state index is 7.86. The van der Waals surface area contributed by atoms with Crippen molar-refractivity contribution >= 4 is 0 Å². The maximum absolute atomic E-state index is 13.2. The van der Waals surface area contributed by atoms with Crippen LogP contribution in [0.5, 0.6) is 0 Å². The van der Waals surface area contributed by atoms with E-state index in [1.807, 2.05) is 0 Å². The molecule has 0 spiro atoms. The molecule has 0 atom stereocenters. The van der Waals surface area contributed by atoms with E-state index in [1.54, 1.807) is 0 Å². The third kappa shape index (κ3) is 3.82. The van der Waals surface area contributed by atoms with E-state index >= 15 is 0 Å². The van der Waals surface area contributed by atoms with Crippen LogP contribution in [0, 0.1) is 0 Å². The van der Waals surface area contributed by atoms with Crippen LogP contribution in [0.2, 0.25) is 0 Å². The first-order valence-corrected chi connectivity index (χ1v) is 7.05. The van der Waals surface area contributed by atoms with Gasteiger partial charge in [0.05, 0.1) is 0 Å². The zero-order valence-corrected chi connectivity index (χ0v) is 14.6. The molecule has 0 saturated heterocycles. The van der Waals surface area contributed by atoms with Crippen molar-refractivity contribution in [2.24, 2.45) is 0 Å². The Hall–Kier alpha value is -1.65. The van der Waals surface area contributed by atoms with Crippen molar-refractivity contribution in [2.75, 3.05) is 0 Å². The Kier molecular flexibility index (Phi) is 7.32. The van der Waals surface area contributed by atoms with Gasteiger partial charge in [-0.2, -0.15) is 106 Å². The van der Waals surface area contributed by atoms with E-state index in [0.29, 0.717) is 0 Å². The average molecular weight is 585 g/mol. The zero-order chi connectivity index (χ0) is 29.5. The highest BCUT2D eigenvalue weighted by atomic mass is 19.4. The summed E-state index contributed by atoms with van der Waals surface area (Å²) in [6.45, 7) is 0. The van der Waals surface area contributed by atoms with Crippen LogP contribution in [-0.4, -0.2) is 65.6 Å². The first-order valence-electron chi connectivity index (χ1n) is 7.05. The molecule has 0 aliphatic carbocycles. The van der Waals surface area contributed by atoms with Crippen LogP contribution in [0.3, 0.4) is 0 Å². The molecule has 0 rings (SSSR count). The van der Waals surface area contributed by atoms with E-state index < -0.39 is 65.6 Å². The van der Waals surface area contributed by atoms with Crippen LogP contribution in [0.1, 0.15) is 0 Å². The minimum Gasteiger partial charge on any atom is -0.192 e. The summed E-state index contributed by atoms with van der Waals surface area (Å²) in [6, 6.07) is 0. The Labute approximate surface area is 173 Å². The number of rotatable bonds is 9. The topological polar surface area (TPSA) is 19.9 Å². The lowest BCUT2D eigenvalue weighted by Gasteiger charge is -2.44. The summed E-state index contributed by atoms with van der Waals surface area (Å²) in [5, 5.41) is 9.60. The third-order valence-corrected chi connectivity index (χ3v) is 3.88. The molecule has 0 amide bonds. The summed E-state index contributed by atoms with van der Waals surface area (Å²) in [5.74, 6) is -81.7. The quantitative estimate of drug-likeness (QED) is 0.254. The highest BCUT2D eigenvalue weighted by molar-refractivity contribution is 5.18. The molecular formula is C11F23O. The molecule has 0 saturated carbocycles. The van der Waals surface area contributed by atoms with Gasteiger partial charge in [0.1, 0.15) is 0 Å². The Bertz CT molecular complexity index is 716. The summed E-state index contributed by atoms with van der Waals surface area (Å²) in [6.07, 6.45) is -16.0. The highest BCUT2D eigenvalue weighted by Gasteiger charge is 2.99. The smallest absolute Gasteiger partial charge is 0.192 e. The van der Waals surface area contributed by atoms with E-state index in [4.69, 9.17) is 0 Å². The first kappa shape index (κ1) is 33.4. The van der Waals surface area contributed by atoms with Crippen LogP contribution in [-0.2, 0) is 5.11 Å². The zero-order valence-electron chi connectivity index (χ0n) is 14.6. The van der Waals surface area contributed by atoms with E-state index in [-0.39, 0.29) is 0 Å². The van der Waals surface area contributed by atoms with Gasteiger partial charge in [0.2, 0.25) is 0 Å². The largest absolute Gasteiger partial charge is 0.460 e. The predicted molar refractivity (Wildman–Crippen MR) is 56.2 cm³/mol. The van der Waals surface area contributed by atoms with Crippen LogP contribution >= 0.6 is 0 Å². The second-order valence-electron chi connectivity index (χ2n) is 6.18. The number of hydrogen-bond donors (Lipinski definition) is 0. The van der Waals surface area contributed by atoms with Crippen LogP contribution in [0.4, 0.5) is 101 Å². The Balaban J connectivity index is 7.15. The van der Waals surface area contributed by atoms with Crippen molar-refractivity contribution in [3.8, 4) is 0 Å². The van der Waals surface area contributed by atoms with Crippen LogP contribution < -0.4 is 0 Å². The normalized spacial score (nSPS) is 17.1. The Morgan fingerprint density at radius 2 is 0.371 bits per heavy atom. The van der Waals surface area contributed by atoms with Gasteiger partial charge >= 0.3 is 65.6 Å². The monoisotopic (exact) mass is 585 g/mol. The van der Waals surface area contributed by atoms with E-state index in [1.165, 1.54) is 0 Å². The molecule has 0 aromatic carbocycles. The van der Waals surface area contributed by atoms with Gasteiger partial charge in [-0.15, -0.1) is 0 Å². The summed E-state index contributed by atoms with van der Waals surface area (Å²) in [7, 11) is 0. The van der Waals surface area contributed by atoms with Gasteiger partial charge in [0, 0.05) is 0 Å². The maximum Gasteiger partial charge on any atom is 0.460 e. The summed E-state index contributed by atoms with van der Waals surface area (Å²) in [4.78, 5) is 0. The fraction of sp³-hybridized carbons (Fsp3) is 1.00. The number of halogens is 23. The molecule has 0 fully saturated rings. The molecule has 211 valence electrons. The van der Waals surface area contributed by atoms with E-state index in [9.17, 15) is 106 Å². The van der Waals surface area contributed by atoms with Gasteiger partial charge < -0.3 is 0 Å². The van der Waals surface area contributed by atoms with Crippen LogP contribution in [0.15, 0.2) is 0 Å². The number of hydrogen-bond acceptors (Lipinski definition) is 0. The Morgan fingerprint density at radius 3 is 0.514 bits per heavy atom. The van der Waals surface area contributed by atoms with Crippen molar-refractivity contribution in [1.82, 2.24) is 0 Å². The van der Waals surface area contributed by atoms with E-state index in [0.717, 1.165) is 0 Å². The van der Waals surface area contributed by atoms with E-state index in [2.05, 4.69) is 0 Å². The molecule has 35 heavy (non-hydrogen) atoms. The van der Waals surface area contributed by atoms with Gasteiger partial charge in [0.15, 0.2) is 0 Å². The minimum atomic E-state index is -9.45. The standard InChI is InChI=1S/C11F23O/c12-1(13,2(14,15)4(18,19)6(22,23)8(26,27)10(30,31)32)3(16,17)5(20,21)7(24,25)9(28,29)11(33,34)35. The lowest BCUT2D eigenvalue weighted by atomic mass is 9.86. The molecule has 0 aromatic heterocycles. The molecule has 0 unspecified atom stereocenters. The van der Waals surface area contributed by atoms with Gasteiger partial charge in [0.25, 0.3) is 0 Å². The fourth-order valence-corrected chi connectivity index (χ4v) is 1.74. The summed E-state index contributed by atoms with van der Waals surface area (Å²) < 4.78 is 293. The molecule has 0 aromatic rings. The van der Waals surface area contributed by atoms with Gasteiger partial charge in [-0.25, -0.2) is 0 Å². The molecule has 0 bridgehead atoms. The first-order chi connectivity index (χ1) is 14.5. The summed E-state index contributed by atoms with van der Waals surface area (Å²) >= 11 is 0. The van der Waals surface area contributed by atoms with Crippen molar-refractivity contribution < 1.29 is 106 Å². The second-order valence-corrected chi connectivity index (χ2v) is 6.18. The van der Waals surface area contributed by atoms with Gasteiger partial charge in [-0.05, 0) is 0 Å². The van der Waals surface area contributed by atoms with Crippen molar-refractivity contribution in [2.45, 2.75) is 65.6 Å². The lowest BCUT2D eigenvalue weighted by molar-refractivity contribution is -0.488. The number of alkyl halides is 23. The lowest BCUT2D eigenvalue weighted by Crippen LogP contribution is -2.77. The SMILES string of the molecule is [O]C(F)(F)C(F)(F)C(F)(F)C(F)(F)C(F)(F)C(F)(F)C(F)(F)C(F)(F)C(F)(F)C(F)(F)C(F)(F)F. The second kappa shape index (κ2) is 7.68. The maximum atomic E-state index is 13.2. The molecule has 24 heteroatoms. The van der Waals surface area contributed by atoms with Crippen molar-refractivity contribution in [1.29, 1.82) is 0 Å². The molecule has 1 nitrogen and oxygen atoms in total. The fourth-order valence-electron chi connectivity index (χ4n) is 1.74. The molecule has 0 aliphatic rings. The molecule has 0 heterocycles. The van der Waals surface area contributed by atoms with Gasteiger partial charge in [-0.1, -0.05) is 0 Å². The molecule has 1 radical (unpaired) electrons. The van der Waals surface area contributed by atoms with Crippen LogP contribution in [0.25, 0.3) is 0 Å². The average Bonchev–Trinajstić information content (AvgIpc) is 2.58. The van der Waals surface area contributed by atoms with Crippen molar-refractivity contribution in [3.05, 3.63) is 0 Å². The van der Waals surface area contributed by atoms with Gasteiger partial charge in [-0.3, -0.25) is 0 Å². The van der Waals surface area contributed by atoms with Crippen molar-refractivity contribution in [3.63, 3.8) is 0 Å². The highest BCUT2D eigenvalue weighted by Crippen LogP contribution is 2.66. The molecule has 0 N–H and O–H groups in total. The predicted octanol–water partition coefficient (Wildman–Crippen LogP) is 7.29.